The minimum absolute atomic E-state index is 0.239. The van der Waals surface area contributed by atoms with Crippen molar-refractivity contribution in [1.82, 2.24) is 10.3 Å². The van der Waals surface area contributed by atoms with Crippen molar-refractivity contribution in [3.05, 3.63) is 94.7 Å². The maximum atomic E-state index is 14.3. The van der Waals surface area contributed by atoms with Crippen molar-refractivity contribution in [3.63, 3.8) is 0 Å². The smallest absolute Gasteiger partial charge is 0.338 e. The Morgan fingerprint density at radius 3 is 2.50 bits per heavy atom. The maximum absolute atomic E-state index is 14.3. The number of fused-ring (bicyclic) bond motifs is 5. The Bertz CT molecular complexity index is 1810. The molecule has 0 bridgehead atoms. The van der Waals surface area contributed by atoms with E-state index in [1.165, 1.54) is 4.90 Å². The zero-order chi connectivity index (χ0) is 29.3. The van der Waals surface area contributed by atoms with Gasteiger partial charge in [0.2, 0.25) is 17.7 Å². The largest absolute Gasteiger partial charge is 0.462 e. The van der Waals surface area contributed by atoms with Crippen LogP contribution in [0.3, 0.4) is 0 Å². The molecule has 9 nitrogen and oxygen atoms in total. The molecule has 0 aliphatic carbocycles. The number of nitrogens with one attached hydrogen (secondary N) is 3. The van der Waals surface area contributed by atoms with Crippen LogP contribution in [0.25, 0.3) is 10.9 Å². The molecule has 0 saturated carbocycles. The first-order valence-electron chi connectivity index (χ1n) is 14.2. The fourth-order valence-corrected chi connectivity index (χ4v) is 7.05. The predicted molar refractivity (Wildman–Crippen MR) is 157 cm³/mol. The van der Waals surface area contributed by atoms with Crippen molar-refractivity contribution in [2.45, 2.75) is 38.8 Å². The number of nitrogens with zero attached hydrogens (tertiary/aromatic N) is 1. The van der Waals surface area contributed by atoms with Crippen LogP contribution >= 0.6 is 0 Å². The standard InChI is InChI=1S/C33H30N4O5/c1-4-42-31(40)19-10-12-21(13-11-19)37-29(38)26-25(15-20-16-34-24-8-6-5-7-22(20)24)36-33(27(26)30(37)39)23-14-9-17(2)18(3)28(23)35-32(33)41/h5-14,16,25-27,34,36H,4,15H2,1-3H3,(H,35,41)/t25-,26+,27+,33-/m1/s1. The fraction of sp³-hybridized carbons (Fsp3) is 0.273. The van der Waals surface area contributed by atoms with Crippen LogP contribution in [0, 0.1) is 25.7 Å². The highest BCUT2D eigenvalue weighted by molar-refractivity contribution is 6.26. The van der Waals surface area contributed by atoms with E-state index in [0.29, 0.717) is 28.9 Å². The number of ether oxygens (including phenoxy) is 1. The summed E-state index contributed by atoms with van der Waals surface area (Å²) in [5.41, 5.74) is 4.58. The van der Waals surface area contributed by atoms with Crippen molar-refractivity contribution in [2.75, 3.05) is 16.8 Å². The number of aromatic nitrogens is 1. The van der Waals surface area contributed by atoms with Crippen LogP contribution < -0.4 is 15.5 Å². The number of para-hydroxylation sites is 1. The number of esters is 1. The molecule has 212 valence electrons. The van der Waals surface area contributed by atoms with Crippen LogP contribution in [-0.2, 0) is 31.1 Å². The van der Waals surface area contributed by atoms with E-state index < -0.39 is 35.3 Å². The van der Waals surface area contributed by atoms with Gasteiger partial charge in [0, 0.05) is 34.4 Å². The molecular weight excluding hydrogens is 532 g/mol. The van der Waals surface area contributed by atoms with E-state index in [9.17, 15) is 19.2 Å². The number of anilines is 2. The highest BCUT2D eigenvalue weighted by Crippen LogP contribution is 2.54. The minimum Gasteiger partial charge on any atom is -0.462 e. The Morgan fingerprint density at radius 2 is 1.74 bits per heavy atom. The van der Waals surface area contributed by atoms with Crippen LogP contribution in [0.5, 0.6) is 0 Å². The number of benzene rings is 3. The van der Waals surface area contributed by atoms with Gasteiger partial charge in [-0.2, -0.15) is 0 Å². The Morgan fingerprint density at radius 1 is 0.976 bits per heavy atom. The molecule has 9 heteroatoms. The summed E-state index contributed by atoms with van der Waals surface area (Å²) in [6.07, 6.45) is 2.37. The van der Waals surface area contributed by atoms with Gasteiger partial charge in [-0.15, -0.1) is 0 Å². The molecule has 0 radical (unpaired) electrons. The van der Waals surface area contributed by atoms with Gasteiger partial charge in [-0.05, 0) is 74.2 Å². The summed E-state index contributed by atoms with van der Waals surface area (Å²) in [6.45, 7) is 5.89. The molecule has 3 aliphatic heterocycles. The van der Waals surface area contributed by atoms with Crippen LogP contribution in [0.1, 0.15) is 39.5 Å². The third kappa shape index (κ3) is 3.53. The summed E-state index contributed by atoms with van der Waals surface area (Å²) in [4.78, 5) is 59.2. The quantitative estimate of drug-likeness (QED) is 0.249. The molecule has 1 aromatic heterocycles. The molecule has 3 N–H and O–H groups in total. The van der Waals surface area contributed by atoms with E-state index in [2.05, 4.69) is 15.6 Å². The normalized spacial score (nSPS) is 24.4. The summed E-state index contributed by atoms with van der Waals surface area (Å²) in [5, 5.41) is 7.61. The molecule has 4 aromatic rings. The van der Waals surface area contributed by atoms with Gasteiger partial charge >= 0.3 is 5.97 Å². The van der Waals surface area contributed by atoms with Crippen molar-refractivity contribution in [1.29, 1.82) is 0 Å². The predicted octanol–water partition coefficient (Wildman–Crippen LogP) is 4.13. The van der Waals surface area contributed by atoms with Gasteiger partial charge in [0.25, 0.3) is 0 Å². The second-order valence-electron chi connectivity index (χ2n) is 11.3. The van der Waals surface area contributed by atoms with Crippen LogP contribution in [-0.4, -0.2) is 41.3 Å². The highest BCUT2D eigenvalue weighted by atomic mass is 16.5. The summed E-state index contributed by atoms with van der Waals surface area (Å²) in [6, 6.07) is 17.5. The van der Waals surface area contributed by atoms with Gasteiger partial charge in [-0.3, -0.25) is 19.7 Å². The van der Waals surface area contributed by atoms with Crippen molar-refractivity contribution < 1.29 is 23.9 Å². The molecular formula is C33H30N4O5. The topological polar surface area (TPSA) is 121 Å². The molecule has 2 saturated heterocycles. The van der Waals surface area contributed by atoms with Gasteiger partial charge in [-0.25, -0.2) is 9.69 Å². The molecule has 0 unspecified atom stereocenters. The number of imide groups is 1. The number of amides is 3. The van der Waals surface area contributed by atoms with Gasteiger partial charge in [-0.1, -0.05) is 30.3 Å². The second-order valence-corrected chi connectivity index (χ2v) is 11.3. The summed E-state index contributed by atoms with van der Waals surface area (Å²) < 4.78 is 5.08. The first kappa shape index (κ1) is 26.2. The zero-order valence-electron chi connectivity index (χ0n) is 23.5. The maximum Gasteiger partial charge on any atom is 0.338 e. The van der Waals surface area contributed by atoms with Gasteiger partial charge in [0.1, 0.15) is 5.54 Å². The van der Waals surface area contributed by atoms with E-state index in [4.69, 9.17) is 4.74 Å². The monoisotopic (exact) mass is 562 g/mol. The fourth-order valence-electron chi connectivity index (χ4n) is 7.05. The van der Waals surface area contributed by atoms with E-state index in [1.807, 2.05) is 56.4 Å². The number of carbonyl (C=O) groups excluding carboxylic acids is 4. The Labute approximate surface area is 242 Å². The summed E-state index contributed by atoms with van der Waals surface area (Å²) >= 11 is 0. The summed E-state index contributed by atoms with van der Waals surface area (Å²) in [5.74, 6) is -3.35. The van der Waals surface area contributed by atoms with E-state index in [1.54, 1.807) is 31.2 Å². The Balaban J connectivity index is 1.34. The third-order valence-electron chi connectivity index (χ3n) is 9.17. The van der Waals surface area contributed by atoms with Crippen molar-refractivity contribution in [3.8, 4) is 0 Å². The van der Waals surface area contributed by atoms with Crippen molar-refractivity contribution in [2.24, 2.45) is 11.8 Å². The Hall–Kier alpha value is -4.76. The lowest BCUT2D eigenvalue weighted by Crippen LogP contribution is -2.53. The molecule has 3 aliphatic rings. The average Bonchev–Trinajstić information content (AvgIpc) is 3.70. The number of carbonyl (C=O) groups is 4. The zero-order valence-corrected chi connectivity index (χ0v) is 23.5. The third-order valence-corrected chi connectivity index (χ3v) is 9.17. The molecule has 3 aromatic carbocycles. The van der Waals surface area contributed by atoms with Crippen molar-refractivity contribution >= 4 is 46.0 Å². The number of aromatic amines is 1. The minimum atomic E-state index is -1.40. The number of hydrogen-bond donors (Lipinski definition) is 3. The molecule has 2 fully saturated rings. The molecule has 3 amide bonds. The lowest BCUT2D eigenvalue weighted by atomic mass is 9.75. The van der Waals surface area contributed by atoms with E-state index >= 15 is 0 Å². The molecule has 4 heterocycles. The summed E-state index contributed by atoms with van der Waals surface area (Å²) in [7, 11) is 0. The molecule has 1 spiro atoms. The molecule has 42 heavy (non-hydrogen) atoms. The highest BCUT2D eigenvalue weighted by Gasteiger charge is 2.70. The first-order valence-corrected chi connectivity index (χ1v) is 14.2. The van der Waals surface area contributed by atoms with Gasteiger partial charge < -0.3 is 15.0 Å². The lowest BCUT2D eigenvalue weighted by molar-refractivity contribution is -0.130. The van der Waals surface area contributed by atoms with Gasteiger partial charge in [0.05, 0.1) is 29.7 Å². The van der Waals surface area contributed by atoms with E-state index in [0.717, 1.165) is 27.6 Å². The number of rotatable bonds is 5. The first-order chi connectivity index (χ1) is 20.3. The SMILES string of the molecule is CCOC(=O)c1ccc(N2C(=O)[C@@H]3[C@@H](C2=O)[C@@]2(N[C@@H]3Cc3c[nH]c4ccccc34)C(=O)Nc3c2ccc(C)c3C)cc1. The van der Waals surface area contributed by atoms with Gasteiger partial charge in [0.15, 0.2) is 0 Å². The van der Waals surface area contributed by atoms with E-state index in [-0.39, 0.29) is 18.4 Å². The lowest BCUT2D eigenvalue weighted by Gasteiger charge is -2.29. The molecule has 4 atom stereocenters. The second kappa shape index (κ2) is 9.39. The average molecular weight is 563 g/mol. The van der Waals surface area contributed by atoms with Crippen LogP contribution in [0.2, 0.25) is 0 Å². The number of aryl methyl sites for hydroxylation is 1. The number of hydrogen-bond acceptors (Lipinski definition) is 6. The van der Waals surface area contributed by atoms with Crippen LogP contribution in [0.4, 0.5) is 11.4 Å². The van der Waals surface area contributed by atoms with Crippen LogP contribution in [0.15, 0.2) is 66.9 Å². The molecule has 7 rings (SSSR count). The Kier molecular flexibility index (Phi) is 5.85. The number of H-pyrrole nitrogens is 1.